The second-order valence-corrected chi connectivity index (χ2v) is 12.4. The highest BCUT2D eigenvalue weighted by Gasteiger charge is 2.68. The van der Waals surface area contributed by atoms with Gasteiger partial charge in [0.25, 0.3) is 0 Å². The van der Waals surface area contributed by atoms with Crippen LogP contribution in [0.5, 0.6) is 0 Å². The minimum atomic E-state index is -0.128. The highest BCUT2D eigenvalue weighted by atomic mass is 14.7. The van der Waals surface area contributed by atoms with Gasteiger partial charge in [0.15, 0.2) is 0 Å². The van der Waals surface area contributed by atoms with Crippen molar-refractivity contribution in [3.8, 4) is 35.5 Å². The fourth-order valence-electron chi connectivity index (χ4n) is 8.31. The van der Waals surface area contributed by atoms with Gasteiger partial charge in [0.1, 0.15) is 0 Å². The average Bonchev–Trinajstić information content (AvgIpc) is 3.00. The molecule has 4 saturated carbocycles. The van der Waals surface area contributed by atoms with Crippen molar-refractivity contribution in [2.24, 2.45) is 16.2 Å². The molecule has 0 unspecified atom stereocenters. The first-order chi connectivity index (χ1) is 19.6. The molecule has 4 aliphatic carbocycles. The van der Waals surface area contributed by atoms with E-state index in [1.54, 1.807) is 0 Å². The first-order valence-electron chi connectivity index (χ1n) is 14.4. The molecular weight excluding hydrogens is 480 g/mol. The van der Waals surface area contributed by atoms with Crippen molar-refractivity contribution in [1.82, 2.24) is 0 Å². The predicted molar refractivity (Wildman–Crippen MR) is 163 cm³/mol. The predicted octanol–water partition coefficient (Wildman–Crippen LogP) is 8.42. The summed E-state index contributed by atoms with van der Waals surface area (Å²) in [7, 11) is 0. The van der Waals surface area contributed by atoms with Gasteiger partial charge in [-0.3, -0.25) is 0 Å². The van der Waals surface area contributed by atoms with Gasteiger partial charge in [0.2, 0.25) is 0 Å². The van der Waals surface area contributed by atoms with Gasteiger partial charge in [0, 0.05) is 32.9 Å². The molecule has 4 aliphatic rings. The van der Waals surface area contributed by atoms with Crippen LogP contribution in [0.1, 0.15) is 60.8 Å². The van der Waals surface area contributed by atoms with E-state index in [0.717, 1.165) is 55.2 Å². The van der Waals surface area contributed by atoms with E-state index >= 15 is 0 Å². The Kier molecular flexibility index (Phi) is 5.92. The maximum Gasteiger partial charge on any atom is 0.0355 e. The second-order valence-electron chi connectivity index (χ2n) is 12.4. The van der Waals surface area contributed by atoms with Crippen LogP contribution in [0.25, 0.3) is 0 Å². The molecule has 4 fully saturated rings. The topological polar surface area (TPSA) is 0 Å². The molecule has 4 bridgehead atoms. The van der Waals surface area contributed by atoms with E-state index in [1.165, 1.54) is 5.56 Å². The maximum absolute atomic E-state index is 3.90. The molecule has 0 aliphatic heterocycles. The summed E-state index contributed by atoms with van der Waals surface area (Å²) in [6.07, 6.45) is 6.28. The Morgan fingerprint density at radius 3 is 0.975 bits per heavy atom. The van der Waals surface area contributed by atoms with Gasteiger partial charge >= 0.3 is 0 Å². The zero-order chi connectivity index (χ0) is 26.9. The molecule has 192 valence electrons. The summed E-state index contributed by atoms with van der Waals surface area (Å²) < 4.78 is 0. The molecular formula is C40H32. The van der Waals surface area contributed by atoms with Gasteiger partial charge < -0.3 is 0 Å². The summed E-state index contributed by atoms with van der Waals surface area (Å²) in [5.74, 6) is 22.5. The van der Waals surface area contributed by atoms with E-state index in [2.05, 4.69) is 157 Å². The lowest BCUT2D eigenvalue weighted by molar-refractivity contribution is -0.102. The molecule has 40 heavy (non-hydrogen) atoms. The van der Waals surface area contributed by atoms with E-state index in [-0.39, 0.29) is 21.7 Å². The third kappa shape index (κ3) is 4.64. The standard InChI is InChI=1S/C40H32/c1-5-13-33(14-6-1)21-24-37-27-38(25-22-34-15-7-2-8-16-34)29-39(28-37,26-23-35-17-9-3-10-18-35)32-40(30-37,31-38)36-19-11-4-12-20-36/h1-20H,27-32H2. The molecule has 8 rings (SSSR count). The van der Waals surface area contributed by atoms with Crippen LogP contribution in [0.4, 0.5) is 0 Å². The Morgan fingerprint density at radius 2 is 0.650 bits per heavy atom. The maximum atomic E-state index is 3.90. The first kappa shape index (κ1) is 24.6. The summed E-state index contributed by atoms with van der Waals surface area (Å²) in [6.45, 7) is 0. The molecule has 0 heteroatoms. The first-order valence-corrected chi connectivity index (χ1v) is 14.4. The van der Waals surface area contributed by atoms with Gasteiger partial charge in [-0.2, -0.15) is 0 Å². The van der Waals surface area contributed by atoms with Crippen molar-refractivity contribution in [1.29, 1.82) is 0 Å². The lowest BCUT2D eigenvalue weighted by atomic mass is 9.35. The van der Waals surface area contributed by atoms with Crippen LogP contribution >= 0.6 is 0 Å². The summed E-state index contributed by atoms with van der Waals surface area (Å²) in [5, 5.41) is 0. The van der Waals surface area contributed by atoms with E-state index in [0.29, 0.717) is 0 Å². The van der Waals surface area contributed by atoms with Gasteiger partial charge in [-0.15, -0.1) is 0 Å². The van der Waals surface area contributed by atoms with E-state index in [4.69, 9.17) is 0 Å². The van der Waals surface area contributed by atoms with Gasteiger partial charge in [-0.05, 0) is 85.9 Å². The van der Waals surface area contributed by atoms with Crippen LogP contribution in [-0.2, 0) is 5.41 Å². The third-order valence-corrected chi connectivity index (χ3v) is 9.18. The van der Waals surface area contributed by atoms with Crippen molar-refractivity contribution >= 4 is 0 Å². The zero-order valence-corrected chi connectivity index (χ0v) is 22.8. The van der Waals surface area contributed by atoms with Crippen LogP contribution in [0.3, 0.4) is 0 Å². The second kappa shape index (κ2) is 9.63. The van der Waals surface area contributed by atoms with Crippen LogP contribution in [0.15, 0.2) is 121 Å². The number of hydrogen-bond acceptors (Lipinski definition) is 0. The summed E-state index contributed by atoms with van der Waals surface area (Å²) >= 11 is 0. The van der Waals surface area contributed by atoms with E-state index in [9.17, 15) is 0 Å². The Morgan fingerprint density at radius 1 is 0.350 bits per heavy atom. The fourth-order valence-corrected chi connectivity index (χ4v) is 8.31. The average molecular weight is 513 g/mol. The zero-order valence-electron chi connectivity index (χ0n) is 22.8. The lowest BCUT2D eigenvalue weighted by Crippen LogP contribution is -2.62. The monoisotopic (exact) mass is 512 g/mol. The lowest BCUT2D eigenvalue weighted by Gasteiger charge is -2.67. The normalized spacial score (nSPS) is 29.2. The van der Waals surface area contributed by atoms with Gasteiger partial charge in [-0.25, -0.2) is 0 Å². The molecule has 0 saturated heterocycles. The SMILES string of the molecule is C(#CC12CC3(C#Cc4ccccc4)CC(C#Cc4ccccc4)(C1)CC(c1ccccc1)(C2)C3)c1ccccc1. The number of hydrogen-bond donors (Lipinski definition) is 0. The van der Waals surface area contributed by atoms with Crippen LogP contribution in [0.2, 0.25) is 0 Å². The Hall–Kier alpha value is -4.44. The van der Waals surface area contributed by atoms with Crippen LogP contribution in [0, 0.1) is 51.8 Å². The molecule has 0 N–H and O–H groups in total. The number of benzene rings is 4. The largest absolute Gasteiger partial charge is 0.0909 e. The molecule has 0 amide bonds. The summed E-state index contributed by atoms with van der Waals surface area (Å²) in [5.41, 5.74) is 4.31. The Bertz CT molecular complexity index is 1510. The van der Waals surface area contributed by atoms with Crippen molar-refractivity contribution in [2.45, 2.75) is 43.9 Å². The van der Waals surface area contributed by atoms with Crippen molar-refractivity contribution in [2.75, 3.05) is 0 Å². The van der Waals surface area contributed by atoms with Gasteiger partial charge in [0.05, 0.1) is 0 Å². The summed E-state index contributed by atoms with van der Waals surface area (Å²) in [6, 6.07) is 42.6. The molecule has 0 radical (unpaired) electrons. The quantitative estimate of drug-likeness (QED) is 0.225. The highest BCUT2D eigenvalue weighted by molar-refractivity contribution is 5.47. The molecule has 4 aromatic rings. The minimum absolute atomic E-state index is 0.0120. The third-order valence-electron chi connectivity index (χ3n) is 9.18. The molecule has 0 heterocycles. The smallest absolute Gasteiger partial charge is 0.0355 e. The minimum Gasteiger partial charge on any atom is -0.0909 e. The Labute approximate surface area is 238 Å². The molecule has 0 atom stereocenters. The van der Waals surface area contributed by atoms with Crippen molar-refractivity contribution < 1.29 is 0 Å². The van der Waals surface area contributed by atoms with Crippen molar-refractivity contribution in [3.05, 3.63) is 144 Å². The molecule has 4 aromatic carbocycles. The van der Waals surface area contributed by atoms with E-state index in [1.807, 2.05) is 0 Å². The van der Waals surface area contributed by atoms with Crippen LogP contribution in [-0.4, -0.2) is 0 Å². The molecule has 0 nitrogen and oxygen atoms in total. The van der Waals surface area contributed by atoms with Crippen molar-refractivity contribution in [3.63, 3.8) is 0 Å². The van der Waals surface area contributed by atoms with Crippen LogP contribution < -0.4 is 0 Å². The summed E-state index contributed by atoms with van der Waals surface area (Å²) in [4.78, 5) is 0. The van der Waals surface area contributed by atoms with E-state index < -0.39 is 0 Å². The number of rotatable bonds is 1. The highest BCUT2D eigenvalue weighted by Crippen LogP contribution is 2.73. The fraction of sp³-hybridized carbons (Fsp3) is 0.250. The molecule has 0 spiro atoms. The Balaban J connectivity index is 1.41. The molecule has 0 aromatic heterocycles. The van der Waals surface area contributed by atoms with Gasteiger partial charge in [-0.1, -0.05) is 120 Å².